The lowest BCUT2D eigenvalue weighted by molar-refractivity contribution is -0.120. The Morgan fingerprint density at radius 2 is 1.80 bits per heavy atom. The average molecular weight is 380 g/mol. The molecule has 2 aromatic carbocycles. The van der Waals surface area contributed by atoms with Crippen LogP contribution in [-0.4, -0.2) is 31.9 Å². The van der Waals surface area contributed by atoms with E-state index in [-0.39, 0.29) is 11.2 Å². The van der Waals surface area contributed by atoms with Crippen LogP contribution in [0.2, 0.25) is 5.02 Å². The molecule has 0 aliphatic rings. The monoisotopic (exact) mass is 379 g/mol. The van der Waals surface area contributed by atoms with Gasteiger partial charge in [-0.2, -0.15) is 0 Å². The second-order valence-electron chi connectivity index (χ2n) is 5.44. The van der Waals surface area contributed by atoms with Gasteiger partial charge >= 0.3 is 0 Å². The molecule has 0 saturated carbocycles. The van der Waals surface area contributed by atoms with E-state index in [0.717, 1.165) is 16.9 Å². The molecule has 1 amide bonds. The summed E-state index contributed by atoms with van der Waals surface area (Å²) in [5, 5.41) is 3.49. The largest absolute Gasteiger partial charge is 0.493 e. The summed E-state index contributed by atoms with van der Waals surface area (Å²) in [4.78, 5) is 13.2. The molecule has 4 nitrogen and oxygen atoms in total. The number of ether oxygens (including phenoxy) is 2. The zero-order valence-corrected chi connectivity index (χ0v) is 16.1. The maximum Gasteiger partial charge on any atom is 0.233 e. The normalized spacial score (nSPS) is 11.7. The van der Waals surface area contributed by atoms with E-state index in [4.69, 9.17) is 21.1 Å². The van der Waals surface area contributed by atoms with Crippen LogP contribution < -0.4 is 14.8 Å². The van der Waals surface area contributed by atoms with Crippen molar-refractivity contribution in [2.75, 3.05) is 20.8 Å². The molecular formula is C19H22ClNO3S. The Labute approximate surface area is 157 Å². The smallest absolute Gasteiger partial charge is 0.233 e. The zero-order chi connectivity index (χ0) is 18.2. The molecule has 0 aliphatic heterocycles. The molecule has 0 aromatic heterocycles. The Balaban J connectivity index is 1.82. The molecule has 0 radical (unpaired) electrons. The number of benzene rings is 2. The Kier molecular flexibility index (Phi) is 7.47. The molecule has 0 fully saturated rings. The maximum atomic E-state index is 12.2. The van der Waals surface area contributed by atoms with E-state index in [2.05, 4.69) is 5.32 Å². The highest BCUT2D eigenvalue weighted by molar-refractivity contribution is 8.00. The van der Waals surface area contributed by atoms with Gasteiger partial charge in [-0.15, -0.1) is 11.8 Å². The average Bonchev–Trinajstić information content (AvgIpc) is 2.63. The van der Waals surface area contributed by atoms with Gasteiger partial charge in [0.15, 0.2) is 11.5 Å². The molecule has 1 unspecified atom stereocenters. The van der Waals surface area contributed by atoms with Gasteiger partial charge in [0.05, 0.1) is 19.5 Å². The number of carbonyl (C=O) groups excluding carboxylic acids is 1. The highest BCUT2D eigenvalue weighted by Gasteiger charge is 2.14. The molecule has 1 N–H and O–H groups in total. The molecule has 25 heavy (non-hydrogen) atoms. The predicted octanol–water partition coefficient (Wildman–Crippen LogP) is 4.20. The molecule has 2 rings (SSSR count). The van der Waals surface area contributed by atoms with Gasteiger partial charge < -0.3 is 14.8 Å². The van der Waals surface area contributed by atoms with Crippen LogP contribution >= 0.6 is 23.4 Å². The van der Waals surface area contributed by atoms with Gasteiger partial charge in [-0.05, 0) is 55.3 Å². The molecule has 6 heteroatoms. The van der Waals surface area contributed by atoms with E-state index in [9.17, 15) is 4.79 Å². The van der Waals surface area contributed by atoms with Crippen molar-refractivity contribution >= 4 is 29.3 Å². The highest BCUT2D eigenvalue weighted by Crippen LogP contribution is 2.28. The molecule has 0 spiro atoms. The highest BCUT2D eigenvalue weighted by atomic mass is 35.5. The summed E-state index contributed by atoms with van der Waals surface area (Å²) in [7, 11) is 3.22. The Hall–Kier alpha value is -1.85. The number of thioether (sulfide) groups is 1. The SMILES string of the molecule is COc1ccc(CCNC(=O)C(C)Sc2ccc(Cl)cc2)cc1OC. The number of hydrogen-bond donors (Lipinski definition) is 1. The lowest BCUT2D eigenvalue weighted by Gasteiger charge is -2.13. The third-order valence-corrected chi connectivity index (χ3v) is 5.02. The summed E-state index contributed by atoms with van der Waals surface area (Å²) in [6, 6.07) is 13.3. The minimum atomic E-state index is -0.174. The van der Waals surface area contributed by atoms with Crippen molar-refractivity contribution in [1.82, 2.24) is 5.32 Å². The van der Waals surface area contributed by atoms with Gasteiger partial charge in [0.2, 0.25) is 5.91 Å². The third kappa shape index (κ3) is 5.87. The fraction of sp³-hybridized carbons (Fsp3) is 0.316. The number of amides is 1. The van der Waals surface area contributed by atoms with Crippen LogP contribution in [0.3, 0.4) is 0 Å². The second-order valence-corrected chi connectivity index (χ2v) is 7.30. The van der Waals surface area contributed by atoms with E-state index >= 15 is 0 Å². The second kappa shape index (κ2) is 9.59. The van der Waals surface area contributed by atoms with Gasteiger partial charge in [-0.1, -0.05) is 17.7 Å². The molecule has 0 aliphatic carbocycles. The van der Waals surface area contributed by atoms with Gasteiger partial charge in [-0.25, -0.2) is 0 Å². The van der Waals surface area contributed by atoms with Crippen LogP contribution in [0.1, 0.15) is 12.5 Å². The molecule has 2 aromatic rings. The third-order valence-electron chi connectivity index (χ3n) is 3.66. The number of methoxy groups -OCH3 is 2. The van der Waals surface area contributed by atoms with Crippen molar-refractivity contribution in [3.63, 3.8) is 0 Å². The molecule has 0 heterocycles. The zero-order valence-electron chi connectivity index (χ0n) is 14.5. The molecular weight excluding hydrogens is 358 g/mol. The van der Waals surface area contributed by atoms with Crippen molar-refractivity contribution in [1.29, 1.82) is 0 Å². The summed E-state index contributed by atoms with van der Waals surface area (Å²) in [5.74, 6) is 1.40. The lowest BCUT2D eigenvalue weighted by Crippen LogP contribution is -2.32. The Bertz CT molecular complexity index is 706. The Morgan fingerprint density at radius 1 is 1.12 bits per heavy atom. The molecule has 1 atom stereocenters. The van der Waals surface area contributed by atoms with Crippen molar-refractivity contribution in [3.05, 3.63) is 53.1 Å². The summed E-state index contributed by atoms with van der Waals surface area (Å²) < 4.78 is 10.5. The van der Waals surface area contributed by atoms with E-state index in [0.29, 0.717) is 23.1 Å². The van der Waals surface area contributed by atoms with Crippen molar-refractivity contribution in [2.24, 2.45) is 0 Å². The summed E-state index contributed by atoms with van der Waals surface area (Å²) in [6.45, 7) is 2.46. The van der Waals surface area contributed by atoms with Crippen LogP contribution in [0, 0.1) is 0 Å². The van der Waals surface area contributed by atoms with Gasteiger partial charge in [0.1, 0.15) is 0 Å². The lowest BCUT2D eigenvalue weighted by atomic mass is 10.1. The van der Waals surface area contributed by atoms with Gasteiger partial charge in [0.25, 0.3) is 0 Å². The van der Waals surface area contributed by atoms with Crippen LogP contribution in [-0.2, 0) is 11.2 Å². The molecule has 0 saturated heterocycles. The first kappa shape index (κ1) is 19.5. The maximum absolute atomic E-state index is 12.2. The first-order chi connectivity index (χ1) is 12.0. The van der Waals surface area contributed by atoms with Crippen molar-refractivity contribution in [2.45, 2.75) is 23.5 Å². The van der Waals surface area contributed by atoms with Crippen molar-refractivity contribution in [3.8, 4) is 11.5 Å². The van der Waals surface area contributed by atoms with E-state index in [1.807, 2.05) is 49.4 Å². The first-order valence-electron chi connectivity index (χ1n) is 7.94. The van der Waals surface area contributed by atoms with Gasteiger partial charge in [0, 0.05) is 16.5 Å². The molecule has 0 bridgehead atoms. The topological polar surface area (TPSA) is 47.6 Å². The fourth-order valence-corrected chi connectivity index (χ4v) is 3.30. The minimum absolute atomic E-state index is 0.0143. The van der Waals surface area contributed by atoms with E-state index < -0.39 is 0 Å². The molecule has 134 valence electrons. The quantitative estimate of drug-likeness (QED) is 0.698. The number of hydrogen-bond acceptors (Lipinski definition) is 4. The number of halogens is 1. The van der Waals surface area contributed by atoms with Crippen LogP contribution in [0.5, 0.6) is 11.5 Å². The summed E-state index contributed by atoms with van der Waals surface area (Å²) >= 11 is 7.38. The number of nitrogens with one attached hydrogen (secondary N) is 1. The van der Waals surface area contributed by atoms with E-state index in [1.165, 1.54) is 11.8 Å². The number of carbonyl (C=O) groups is 1. The predicted molar refractivity (Wildman–Crippen MR) is 103 cm³/mol. The number of rotatable bonds is 8. The first-order valence-corrected chi connectivity index (χ1v) is 9.20. The summed E-state index contributed by atoms with van der Waals surface area (Å²) in [6.07, 6.45) is 0.727. The standard InChI is InChI=1S/C19H22ClNO3S/c1-13(25-16-7-5-15(20)6-8-16)19(22)21-11-10-14-4-9-17(23-2)18(12-14)24-3/h4-9,12-13H,10-11H2,1-3H3,(H,21,22). The fourth-order valence-electron chi connectivity index (χ4n) is 2.28. The van der Waals surface area contributed by atoms with Crippen LogP contribution in [0.4, 0.5) is 0 Å². The summed E-state index contributed by atoms with van der Waals surface area (Å²) in [5.41, 5.74) is 1.08. The van der Waals surface area contributed by atoms with Crippen molar-refractivity contribution < 1.29 is 14.3 Å². The Morgan fingerprint density at radius 3 is 2.44 bits per heavy atom. The van der Waals surface area contributed by atoms with Gasteiger partial charge in [-0.3, -0.25) is 4.79 Å². The van der Waals surface area contributed by atoms with Crippen LogP contribution in [0.25, 0.3) is 0 Å². The van der Waals surface area contributed by atoms with Crippen LogP contribution in [0.15, 0.2) is 47.4 Å². The van der Waals surface area contributed by atoms with E-state index in [1.54, 1.807) is 14.2 Å². The minimum Gasteiger partial charge on any atom is -0.493 e.